The molecule has 0 bridgehead atoms. The topological polar surface area (TPSA) is 140 Å². The monoisotopic (exact) mass is 400 g/mol. The lowest BCUT2D eigenvalue weighted by molar-refractivity contribution is -0.384. The van der Waals surface area contributed by atoms with Gasteiger partial charge in [-0.1, -0.05) is 30.3 Å². The molecule has 0 saturated carbocycles. The van der Waals surface area contributed by atoms with Crippen LogP contribution in [-0.4, -0.2) is 36.0 Å². The van der Waals surface area contributed by atoms with Crippen molar-refractivity contribution in [3.8, 4) is 0 Å². The molecule has 0 unspecified atom stereocenters. The van der Waals surface area contributed by atoms with Crippen LogP contribution in [0.3, 0.4) is 0 Å². The van der Waals surface area contributed by atoms with E-state index in [0.29, 0.717) is 0 Å². The van der Waals surface area contributed by atoms with E-state index in [0.717, 1.165) is 11.6 Å². The number of benzene rings is 2. The molecule has 10 heteroatoms. The molecule has 0 aliphatic rings. The number of nitro benzene ring substituents is 1. The average molecular weight is 400 g/mol. The number of anilines is 1. The normalized spacial score (nSPS) is 11.1. The molecule has 0 heterocycles. The summed E-state index contributed by atoms with van der Waals surface area (Å²) >= 11 is 0. The molecule has 1 atom stereocenters. The van der Waals surface area contributed by atoms with E-state index in [2.05, 4.69) is 16.0 Å². The molecule has 2 aromatic carbocycles. The third-order valence-electron chi connectivity index (χ3n) is 3.89. The summed E-state index contributed by atoms with van der Waals surface area (Å²) in [6.07, 6.45) is -1.28. The van der Waals surface area contributed by atoms with Gasteiger partial charge in [0.25, 0.3) is 11.6 Å². The molecular weight excluding hydrogens is 380 g/mol. The minimum absolute atomic E-state index is 0.0936. The number of carbonyl (C=O) groups excluding carboxylic acids is 3. The lowest BCUT2D eigenvalue weighted by Crippen LogP contribution is -2.44. The molecule has 0 radical (unpaired) electrons. The summed E-state index contributed by atoms with van der Waals surface area (Å²) < 4.78 is 5.00. The molecule has 0 saturated heterocycles. The Bertz CT molecular complexity index is 916. The summed E-state index contributed by atoms with van der Waals surface area (Å²) in [6.45, 7) is 1.50. The number of ether oxygens (including phenoxy) is 1. The van der Waals surface area contributed by atoms with Crippen molar-refractivity contribution in [1.29, 1.82) is 0 Å². The second-order valence-electron chi connectivity index (χ2n) is 5.94. The average Bonchev–Trinajstić information content (AvgIpc) is 2.72. The van der Waals surface area contributed by atoms with Crippen molar-refractivity contribution in [3.05, 3.63) is 69.8 Å². The van der Waals surface area contributed by atoms with Crippen LogP contribution in [0, 0.1) is 10.1 Å². The van der Waals surface area contributed by atoms with Gasteiger partial charge in [-0.2, -0.15) is 0 Å². The van der Waals surface area contributed by atoms with Crippen LogP contribution < -0.4 is 16.0 Å². The van der Waals surface area contributed by atoms with E-state index in [1.165, 1.54) is 26.1 Å². The molecule has 0 spiro atoms. The summed E-state index contributed by atoms with van der Waals surface area (Å²) in [5, 5.41) is 18.3. The number of nitrogens with zero attached hydrogens (tertiary/aromatic N) is 1. The molecule has 0 aromatic heterocycles. The van der Waals surface area contributed by atoms with Crippen LogP contribution in [0.1, 0.15) is 22.8 Å². The smallest absolute Gasteiger partial charge is 0.339 e. The van der Waals surface area contributed by atoms with Crippen LogP contribution in [0.5, 0.6) is 0 Å². The number of carbonyl (C=O) groups is 3. The first-order chi connectivity index (χ1) is 13.8. The third kappa shape index (κ3) is 6.03. The Balaban J connectivity index is 1.91. The van der Waals surface area contributed by atoms with E-state index in [4.69, 9.17) is 4.74 Å². The lowest BCUT2D eigenvalue weighted by Gasteiger charge is -2.13. The number of nitro groups is 1. The molecule has 3 N–H and O–H groups in total. The van der Waals surface area contributed by atoms with Crippen molar-refractivity contribution in [2.24, 2.45) is 0 Å². The van der Waals surface area contributed by atoms with Gasteiger partial charge in [0.2, 0.25) is 0 Å². The van der Waals surface area contributed by atoms with Gasteiger partial charge in [-0.25, -0.2) is 9.59 Å². The number of hydrogen-bond donors (Lipinski definition) is 3. The Labute approximate surface area is 166 Å². The van der Waals surface area contributed by atoms with Crippen molar-refractivity contribution in [3.63, 3.8) is 0 Å². The van der Waals surface area contributed by atoms with Crippen molar-refractivity contribution >= 4 is 29.3 Å². The van der Waals surface area contributed by atoms with Crippen LogP contribution in [0.4, 0.5) is 16.2 Å². The lowest BCUT2D eigenvalue weighted by atomic mass is 10.1. The minimum atomic E-state index is -1.28. The standard InChI is InChI=1S/C19H20N4O6/c1-12(17(24)22-19(26)21-11-13-6-4-3-5-7-13)29-18(25)14-8-9-15(20-2)16(10-14)23(27)28/h3-10,12,20H,11H2,1-2H3,(H2,21,22,24,26)/t12-/m0/s1. The van der Waals surface area contributed by atoms with Gasteiger partial charge >= 0.3 is 12.0 Å². The number of esters is 1. The van der Waals surface area contributed by atoms with Crippen LogP contribution >= 0.6 is 0 Å². The highest BCUT2D eigenvalue weighted by molar-refractivity contribution is 5.98. The zero-order valence-electron chi connectivity index (χ0n) is 15.8. The quantitative estimate of drug-likeness (QED) is 0.368. The molecule has 3 amide bonds. The fourth-order valence-electron chi connectivity index (χ4n) is 2.34. The molecule has 152 valence electrons. The van der Waals surface area contributed by atoms with Gasteiger partial charge in [-0.15, -0.1) is 0 Å². The maximum absolute atomic E-state index is 12.2. The van der Waals surface area contributed by atoms with E-state index >= 15 is 0 Å². The number of urea groups is 1. The van der Waals surface area contributed by atoms with Crippen molar-refractivity contribution < 1.29 is 24.0 Å². The van der Waals surface area contributed by atoms with Crippen LogP contribution in [0.2, 0.25) is 0 Å². The first kappa shape index (κ1) is 21.4. The first-order valence-electron chi connectivity index (χ1n) is 8.61. The van der Waals surface area contributed by atoms with Gasteiger partial charge in [-0.3, -0.25) is 20.2 Å². The number of imide groups is 1. The van der Waals surface area contributed by atoms with Crippen molar-refractivity contribution in [2.75, 3.05) is 12.4 Å². The Hall–Kier alpha value is -3.95. The highest BCUT2D eigenvalue weighted by Crippen LogP contribution is 2.25. The molecular formula is C19H20N4O6. The van der Waals surface area contributed by atoms with E-state index in [9.17, 15) is 24.5 Å². The van der Waals surface area contributed by atoms with Gasteiger partial charge in [0.15, 0.2) is 6.10 Å². The maximum atomic E-state index is 12.2. The Morgan fingerprint density at radius 1 is 1.14 bits per heavy atom. The molecule has 29 heavy (non-hydrogen) atoms. The minimum Gasteiger partial charge on any atom is -0.449 e. The summed E-state index contributed by atoms with van der Waals surface area (Å²) in [6, 6.07) is 12.1. The molecule has 10 nitrogen and oxygen atoms in total. The molecule has 2 aromatic rings. The van der Waals surface area contributed by atoms with Crippen molar-refractivity contribution in [2.45, 2.75) is 19.6 Å². The predicted octanol–water partition coefficient (Wildman–Crippen LogP) is 2.21. The second kappa shape index (κ2) is 9.83. The molecule has 0 aliphatic heterocycles. The predicted molar refractivity (Wildman–Crippen MR) is 104 cm³/mol. The highest BCUT2D eigenvalue weighted by atomic mass is 16.6. The van der Waals surface area contributed by atoms with Gasteiger partial charge < -0.3 is 15.4 Å². The zero-order valence-corrected chi connectivity index (χ0v) is 15.8. The molecule has 2 rings (SSSR count). The summed E-state index contributed by atoms with van der Waals surface area (Å²) in [7, 11) is 1.51. The van der Waals surface area contributed by atoms with Gasteiger partial charge in [-0.05, 0) is 24.6 Å². The van der Waals surface area contributed by atoms with Gasteiger partial charge in [0.1, 0.15) is 5.69 Å². The number of rotatable bonds is 7. The Morgan fingerprint density at radius 2 is 1.83 bits per heavy atom. The third-order valence-corrected chi connectivity index (χ3v) is 3.89. The summed E-state index contributed by atoms with van der Waals surface area (Å²) in [4.78, 5) is 46.5. The second-order valence-corrected chi connectivity index (χ2v) is 5.94. The maximum Gasteiger partial charge on any atom is 0.339 e. The number of nitrogens with one attached hydrogen (secondary N) is 3. The largest absolute Gasteiger partial charge is 0.449 e. The van der Waals surface area contributed by atoms with E-state index in [1.807, 2.05) is 30.3 Å². The zero-order chi connectivity index (χ0) is 21.4. The SMILES string of the molecule is CNc1ccc(C(=O)O[C@@H](C)C(=O)NC(=O)NCc2ccccc2)cc1[N+](=O)[O-]. The highest BCUT2D eigenvalue weighted by Gasteiger charge is 2.23. The molecule has 0 aliphatic carbocycles. The fraction of sp³-hybridized carbons (Fsp3) is 0.211. The van der Waals surface area contributed by atoms with Crippen LogP contribution in [0.25, 0.3) is 0 Å². The Kier molecular flexibility index (Phi) is 7.24. The number of hydrogen-bond acceptors (Lipinski definition) is 7. The number of amides is 3. The van der Waals surface area contributed by atoms with E-state index in [1.54, 1.807) is 0 Å². The van der Waals surface area contributed by atoms with Crippen molar-refractivity contribution in [1.82, 2.24) is 10.6 Å². The first-order valence-corrected chi connectivity index (χ1v) is 8.61. The fourth-order valence-corrected chi connectivity index (χ4v) is 2.34. The summed E-state index contributed by atoms with van der Waals surface area (Å²) in [5.74, 6) is -1.76. The summed E-state index contributed by atoms with van der Waals surface area (Å²) in [5.41, 5.74) is 0.678. The van der Waals surface area contributed by atoms with Gasteiger partial charge in [0.05, 0.1) is 10.5 Å². The van der Waals surface area contributed by atoms with E-state index in [-0.39, 0.29) is 23.5 Å². The van der Waals surface area contributed by atoms with E-state index < -0.39 is 28.9 Å². The van der Waals surface area contributed by atoms with Crippen LogP contribution in [-0.2, 0) is 16.1 Å². The van der Waals surface area contributed by atoms with Gasteiger partial charge in [0, 0.05) is 19.7 Å². The molecule has 0 fully saturated rings. The Morgan fingerprint density at radius 3 is 2.45 bits per heavy atom. The van der Waals surface area contributed by atoms with Crippen LogP contribution in [0.15, 0.2) is 48.5 Å².